The van der Waals surface area contributed by atoms with Gasteiger partial charge in [0, 0.05) is 35.6 Å². The van der Waals surface area contributed by atoms with Crippen LogP contribution in [0, 0.1) is 12.8 Å². The maximum atomic E-state index is 13.1. The molecule has 0 saturated carbocycles. The molecule has 8 heteroatoms. The summed E-state index contributed by atoms with van der Waals surface area (Å²) in [6, 6.07) is 17.5. The summed E-state index contributed by atoms with van der Waals surface area (Å²) < 4.78 is 0. The van der Waals surface area contributed by atoms with Gasteiger partial charge in [0.2, 0.25) is 11.8 Å². The number of nitrogens with one attached hydrogen (secondary N) is 2. The fraction of sp³-hybridized carbons (Fsp3) is 0.269. The zero-order chi connectivity index (χ0) is 24.1. The van der Waals surface area contributed by atoms with Crippen LogP contribution in [0.15, 0.2) is 66.0 Å². The number of carbonyl (C=O) groups excluding carboxylic acids is 3. The second-order valence-corrected chi connectivity index (χ2v) is 9.30. The van der Waals surface area contributed by atoms with Crippen molar-refractivity contribution >= 4 is 34.7 Å². The Kier molecular flexibility index (Phi) is 7.27. The Balaban J connectivity index is 1.35. The normalized spacial score (nSPS) is 17.6. The van der Waals surface area contributed by atoms with Crippen LogP contribution >= 0.6 is 11.3 Å². The number of rotatable bonds is 8. The first kappa shape index (κ1) is 23.5. The molecule has 4 rings (SSSR count). The number of aryl methyl sites for hydroxylation is 1. The molecular formula is C26H27N3O4S. The molecule has 1 aliphatic heterocycles. The number of aromatic hydroxyl groups is 1. The van der Waals surface area contributed by atoms with E-state index in [1.165, 1.54) is 23.5 Å². The van der Waals surface area contributed by atoms with Gasteiger partial charge in [-0.1, -0.05) is 29.8 Å². The zero-order valence-electron chi connectivity index (χ0n) is 18.9. The fourth-order valence-electron chi connectivity index (χ4n) is 4.15. The molecule has 2 aromatic carbocycles. The fourth-order valence-corrected chi connectivity index (χ4v) is 5.03. The monoisotopic (exact) mass is 477 g/mol. The largest absolute Gasteiger partial charge is 0.508 e. The van der Waals surface area contributed by atoms with Crippen molar-refractivity contribution in [3.8, 4) is 5.75 Å². The molecule has 1 aliphatic rings. The van der Waals surface area contributed by atoms with Gasteiger partial charge in [0.25, 0.3) is 5.91 Å². The summed E-state index contributed by atoms with van der Waals surface area (Å²) in [6.07, 6.45) is 0.693. The number of carbonyl (C=O) groups is 3. The minimum Gasteiger partial charge on any atom is -0.508 e. The quantitative estimate of drug-likeness (QED) is 0.430. The number of nitrogens with zero attached hydrogens (tertiary/aromatic N) is 1. The first-order valence-electron chi connectivity index (χ1n) is 11.2. The summed E-state index contributed by atoms with van der Waals surface area (Å²) in [6.45, 7) is 2.75. The van der Waals surface area contributed by atoms with Gasteiger partial charge in [-0.25, -0.2) is 0 Å². The number of phenolic OH excluding ortho intramolecular Hbond substituents is 1. The topological polar surface area (TPSA) is 98.7 Å². The lowest BCUT2D eigenvalue weighted by atomic mass is 9.97. The molecule has 1 saturated heterocycles. The van der Waals surface area contributed by atoms with Crippen molar-refractivity contribution in [2.75, 3.05) is 18.0 Å². The molecular weight excluding hydrogens is 450 g/mol. The summed E-state index contributed by atoms with van der Waals surface area (Å²) in [5, 5.41) is 17.2. The maximum Gasteiger partial charge on any atom is 0.251 e. The van der Waals surface area contributed by atoms with Crippen molar-refractivity contribution in [1.82, 2.24) is 10.6 Å². The summed E-state index contributed by atoms with van der Waals surface area (Å²) in [5.74, 6) is -0.975. The summed E-state index contributed by atoms with van der Waals surface area (Å²) >= 11 is 1.54. The van der Waals surface area contributed by atoms with E-state index in [0.29, 0.717) is 25.1 Å². The summed E-state index contributed by atoms with van der Waals surface area (Å²) in [5.41, 5.74) is 2.27. The van der Waals surface area contributed by atoms with E-state index in [9.17, 15) is 19.5 Å². The molecule has 2 atom stereocenters. The van der Waals surface area contributed by atoms with Gasteiger partial charge in [0.15, 0.2) is 0 Å². The lowest BCUT2D eigenvalue weighted by molar-refractivity contribution is -0.126. The van der Waals surface area contributed by atoms with Crippen molar-refractivity contribution in [2.45, 2.75) is 25.8 Å². The molecule has 34 heavy (non-hydrogen) atoms. The number of benzene rings is 2. The number of amides is 3. The lowest BCUT2D eigenvalue weighted by Gasteiger charge is -2.27. The van der Waals surface area contributed by atoms with Crippen molar-refractivity contribution in [3.05, 3.63) is 82.0 Å². The number of anilines is 1. The van der Waals surface area contributed by atoms with E-state index >= 15 is 0 Å². The van der Waals surface area contributed by atoms with Crippen molar-refractivity contribution < 1.29 is 19.5 Å². The second-order valence-electron chi connectivity index (χ2n) is 8.32. The van der Waals surface area contributed by atoms with E-state index in [-0.39, 0.29) is 35.9 Å². The van der Waals surface area contributed by atoms with E-state index in [2.05, 4.69) is 10.6 Å². The van der Waals surface area contributed by atoms with E-state index in [1.54, 1.807) is 17.0 Å². The third-order valence-electron chi connectivity index (χ3n) is 5.85. The van der Waals surface area contributed by atoms with E-state index < -0.39 is 5.92 Å². The van der Waals surface area contributed by atoms with Gasteiger partial charge in [-0.2, -0.15) is 0 Å². The number of hydrogen-bond donors (Lipinski definition) is 3. The molecule has 3 aromatic rings. The van der Waals surface area contributed by atoms with Crippen LogP contribution in [-0.4, -0.2) is 35.9 Å². The Morgan fingerprint density at radius 3 is 2.53 bits per heavy atom. The van der Waals surface area contributed by atoms with Crippen LogP contribution in [0.25, 0.3) is 0 Å². The summed E-state index contributed by atoms with van der Waals surface area (Å²) in [7, 11) is 0. The minimum atomic E-state index is -0.491. The van der Waals surface area contributed by atoms with Crippen LogP contribution in [0.3, 0.4) is 0 Å². The predicted octanol–water partition coefficient (Wildman–Crippen LogP) is 3.79. The molecule has 3 N–H and O–H groups in total. The number of phenols is 1. The first-order chi connectivity index (χ1) is 16.4. The highest BCUT2D eigenvalue weighted by Gasteiger charge is 2.45. The Morgan fingerprint density at radius 2 is 1.82 bits per heavy atom. The van der Waals surface area contributed by atoms with Gasteiger partial charge in [-0.3, -0.25) is 14.4 Å². The SMILES string of the molecule is Cc1ccc(N2C(=O)CC(C(=O)NCCCNC(=O)c3cccc(O)c3)C2c2cccs2)cc1. The van der Waals surface area contributed by atoms with Gasteiger partial charge in [-0.15, -0.1) is 11.3 Å². The molecule has 2 unspecified atom stereocenters. The molecule has 0 bridgehead atoms. The van der Waals surface area contributed by atoms with Gasteiger partial charge in [0.05, 0.1) is 12.0 Å². The Morgan fingerprint density at radius 1 is 1.06 bits per heavy atom. The standard InChI is InChI=1S/C26H27N3O4S/c1-17-8-10-19(11-9-17)29-23(31)16-21(24(29)22-7-3-14-34-22)26(33)28-13-4-12-27-25(32)18-5-2-6-20(30)15-18/h2-3,5-11,14-15,21,24,30H,4,12-13,16H2,1H3,(H,27,32)(H,28,33). The Bertz CT molecular complexity index is 1160. The minimum absolute atomic E-state index is 0.0333. The lowest BCUT2D eigenvalue weighted by Crippen LogP contribution is -2.36. The average Bonchev–Trinajstić information content (AvgIpc) is 3.47. The third kappa shape index (κ3) is 5.28. The molecule has 1 aromatic heterocycles. The van der Waals surface area contributed by atoms with Crippen LogP contribution in [0.1, 0.15) is 39.7 Å². The van der Waals surface area contributed by atoms with E-state index in [1.807, 2.05) is 48.7 Å². The van der Waals surface area contributed by atoms with Crippen molar-refractivity contribution in [3.63, 3.8) is 0 Å². The Labute approximate surface area is 202 Å². The molecule has 176 valence electrons. The predicted molar refractivity (Wildman–Crippen MR) is 132 cm³/mol. The highest BCUT2D eigenvalue weighted by atomic mass is 32.1. The highest BCUT2D eigenvalue weighted by molar-refractivity contribution is 7.10. The first-order valence-corrected chi connectivity index (χ1v) is 12.1. The van der Waals surface area contributed by atoms with Gasteiger partial charge in [-0.05, 0) is 55.1 Å². The average molecular weight is 478 g/mol. The molecule has 3 amide bonds. The second kappa shape index (κ2) is 10.5. The van der Waals surface area contributed by atoms with Gasteiger partial charge < -0.3 is 20.6 Å². The van der Waals surface area contributed by atoms with Crippen LogP contribution in [0.4, 0.5) is 5.69 Å². The highest BCUT2D eigenvalue weighted by Crippen LogP contribution is 2.43. The van der Waals surface area contributed by atoms with Crippen molar-refractivity contribution in [2.24, 2.45) is 5.92 Å². The van der Waals surface area contributed by atoms with Crippen LogP contribution in [0.5, 0.6) is 5.75 Å². The van der Waals surface area contributed by atoms with E-state index in [0.717, 1.165) is 16.1 Å². The maximum absolute atomic E-state index is 13.1. The third-order valence-corrected chi connectivity index (χ3v) is 6.80. The number of thiophene rings is 1. The molecule has 0 aliphatic carbocycles. The number of hydrogen-bond acceptors (Lipinski definition) is 5. The van der Waals surface area contributed by atoms with Crippen LogP contribution in [0.2, 0.25) is 0 Å². The molecule has 1 fully saturated rings. The molecule has 0 radical (unpaired) electrons. The zero-order valence-corrected chi connectivity index (χ0v) is 19.7. The van der Waals surface area contributed by atoms with E-state index in [4.69, 9.17) is 0 Å². The Hall–Kier alpha value is -3.65. The van der Waals surface area contributed by atoms with Crippen LogP contribution in [-0.2, 0) is 9.59 Å². The molecule has 0 spiro atoms. The van der Waals surface area contributed by atoms with Crippen LogP contribution < -0.4 is 15.5 Å². The smallest absolute Gasteiger partial charge is 0.251 e. The summed E-state index contributed by atoms with van der Waals surface area (Å²) in [4.78, 5) is 40.9. The van der Waals surface area contributed by atoms with Gasteiger partial charge in [0.1, 0.15) is 5.75 Å². The van der Waals surface area contributed by atoms with Crippen molar-refractivity contribution in [1.29, 1.82) is 0 Å². The van der Waals surface area contributed by atoms with Gasteiger partial charge >= 0.3 is 0 Å². The molecule has 7 nitrogen and oxygen atoms in total. The molecule has 2 heterocycles.